The van der Waals surface area contributed by atoms with Crippen LogP contribution in [-0.2, 0) is 9.53 Å². The number of morpholine rings is 1. The molecule has 0 saturated carbocycles. The first-order chi connectivity index (χ1) is 8.66. The minimum Gasteiger partial charge on any atom is -0.379 e. The number of nitrogens with zero attached hydrogens (tertiary/aromatic N) is 2. The zero-order valence-corrected chi connectivity index (χ0v) is 10.4. The Morgan fingerprint density at radius 2 is 2.00 bits per heavy atom. The molecule has 18 heavy (non-hydrogen) atoms. The molecule has 2 fully saturated rings. The Kier molecular flexibility index (Phi) is 4.51. The molecule has 3 amide bonds. The summed E-state index contributed by atoms with van der Waals surface area (Å²) in [5.74, 6) is -0.295. The highest BCUT2D eigenvalue weighted by Crippen LogP contribution is 2.07. The molecule has 7 heteroatoms. The highest BCUT2D eigenvalue weighted by Gasteiger charge is 2.29. The van der Waals surface area contributed by atoms with E-state index in [1.807, 2.05) is 0 Å². The number of urea groups is 1. The molecule has 2 aliphatic rings. The van der Waals surface area contributed by atoms with Crippen molar-refractivity contribution in [3.8, 4) is 0 Å². The third-order valence-corrected chi connectivity index (χ3v) is 3.28. The molecule has 0 radical (unpaired) electrons. The van der Waals surface area contributed by atoms with E-state index in [1.54, 1.807) is 0 Å². The summed E-state index contributed by atoms with van der Waals surface area (Å²) in [7, 11) is 0. The highest BCUT2D eigenvalue weighted by atomic mass is 16.5. The Bertz CT molecular complexity index is 317. The number of rotatable bonds is 4. The Hall–Kier alpha value is -1.18. The average Bonchev–Trinajstić information content (AvgIpc) is 2.34. The van der Waals surface area contributed by atoms with Crippen LogP contribution in [0.25, 0.3) is 0 Å². The molecule has 1 unspecified atom stereocenters. The summed E-state index contributed by atoms with van der Waals surface area (Å²) >= 11 is 0. The molecule has 0 aliphatic carbocycles. The van der Waals surface area contributed by atoms with Gasteiger partial charge in [-0.2, -0.15) is 0 Å². The lowest BCUT2D eigenvalue weighted by Gasteiger charge is -2.33. The van der Waals surface area contributed by atoms with Gasteiger partial charge in [-0.15, -0.1) is 0 Å². The fraction of sp³-hybridized carbons (Fsp3) is 0.818. The van der Waals surface area contributed by atoms with Gasteiger partial charge in [0.1, 0.15) is 0 Å². The lowest BCUT2D eigenvalue weighted by atomic mass is 10.2. The average molecular weight is 256 g/mol. The predicted molar refractivity (Wildman–Crippen MR) is 64.7 cm³/mol. The molecule has 2 aliphatic heterocycles. The maximum Gasteiger partial charge on any atom is 0.325 e. The zero-order valence-electron chi connectivity index (χ0n) is 10.4. The molecule has 7 nitrogen and oxygen atoms in total. The van der Waals surface area contributed by atoms with Crippen molar-refractivity contribution in [2.24, 2.45) is 5.73 Å². The van der Waals surface area contributed by atoms with Crippen LogP contribution in [0.1, 0.15) is 12.8 Å². The van der Waals surface area contributed by atoms with Crippen LogP contribution in [0.5, 0.6) is 0 Å². The van der Waals surface area contributed by atoms with Gasteiger partial charge in [0.2, 0.25) is 5.91 Å². The van der Waals surface area contributed by atoms with Crippen molar-refractivity contribution in [1.29, 1.82) is 0 Å². The Morgan fingerprint density at radius 3 is 2.67 bits per heavy atom. The van der Waals surface area contributed by atoms with E-state index in [1.165, 1.54) is 4.90 Å². The molecule has 1 atom stereocenters. The molecule has 102 valence electrons. The standard InChI is InChI=1S/C11H20N4O3/c12-9-8-10(16)13-11(17)15(9)3-1-2-14-4-6-18-7-5-14/h9H,1-8,12H2,(H,13,16,17). The zero-order chi connectivity index (χ0) is 13.0. The molecule has 2 saturated heterocycles. The van der Waals surface area contributed by atoms with Gasteiger partial charge in [-0.25, -0.2) is 4.79 Å². The van der Waals surface area contributed by atoms with Crippen molar-refractivity contribution in [2.45, 2.75) is 19.0 Å². The van der Waals surface area contributed by atoms with Crippen LogP contribution in [0.15, 0.2) is 0 Å². The van der Waals surface area contributed by atoms with E-state index >= 15 is 0 Å². The molecular formula is C11H20N4O3. The maximum atomic E-state index is 11.6. The quantitative estimate of drug-likeness (QED) is 0.669. The third-order valence-electron chi connectivity index (χ3n) is 3.28. The molecule has 3 N–H and O–H groups in total. The molecule has 0 bridgehead atoms. The monoisotopic (exact) mass is 256 g/mol. The Labute approximate surface area is 106 Å². The highest BCUT2D eigenvalue weighted by molar-refractivity contribution is 5.97. The molecule has 2 rings (SSSR count). The SMILES string of the molecule is NC1CC(=O)NC(=O)N1CCCN1CCOCC1. The summed E-state index contributed by atoms with van der Waals surface area (Å²) in [5, 5.41) is 2.28. The van der Waals surface area contributed by atoms with Crippen LogP contribution >= 0.6 is 0 Å². The number of hydrogen-bond donors (Lipinski definition) is 2. The number of imide groups is 1. The number of hydrogen-bond acceptors (Lipinski definition) is 5. The van der Waals surface area contributed by atoms with E-state index in [0.29, 0.717) is 6.54 Å². The van der Waals surface area contributed by atoms with Gasteiger partial charge in [-0.05, 0) is 6.42 Å². The number of nitrogens with two attached hydrogens (primary N) is 1. The molecule has 0 aromatic rings. The summed E-state index contributed by atoms with van der Waals surface area (Å²) in [6, 6.07) is -0.374. The number of amides is 3. The second-order valence-electron chi connectivity index (χ2n) is 4.63. The lowest BCUT2D eigenvalue weighted by molar-refractivity contribution is -0.122. The van der Waals surface area contributed by atoms with E-state index < -0.39 is 6.17 Å². The summed E-state index contributed by atoms with van der Waals surface area (Å²) < 4.78 is 5.27. The van der Waals surface area contributed by atoms with E-state index in [9.17, 15) is 9.59 Å². The van der Waals surface area contributed by atoms with Gasteiger partial charge in [-0.3, -0.25) is 15.0 Å². The van der Waals surface area contributed by atoms with Gasteiger partial charge in [-0.1, -0.05) is 0 Å². The van der Waals surface area contributed by atoms with Crippen LogP contribution in [0.2, 0.25) is 0 Å². The summed E-state index contributed by atoms with van der Waals surface area (Å²) in [6.45, 7) is 4.94. The topological polar surface area (TPSA) is 87.9 Å². The Balaban J connectivity index is 1.71. The third kappa shape index (κ3) is 3.41. The number of nitrogens with one attached hydrogen (secondary N) is 1. The van der Waals surface area contributed by atoms with Crippen molar-refractivity contribution in [3.05, 3.63) is 0 Å². The minimum atomic E-state index is -0.490. The molecule has 0 aromatic carbocycles. The summed E-state index contributed by atoms with van der Waals surface area (Å²) in [5.41, 5.74) is 5.79. The normalized spacial score (nSPS) is 26.3. The van der Waals surface area contributed by atoms with Gasteiger partial charge in [0, 0.05) is 26.2 Å². The largest absolute Gasteiger partial charge is 0.379 e. The second kappa shape index (κ2) is 6.12. The van der Waals surface area contributed by atoms with E-state index in [4.69, 9.17) is 10.5 Å². The molecule has 2 heterocycles. The number of carbonyl (C=O) groups excluding carboxylic acids is 2. The summed E-state index contributed by atoms with van der Waals surface area (Å²) in [4.78, 5) is 26.5. The van der Waals surface area contributed by atoms with E-state index in [0.717, 1.165) is 39.3 Å². The minimum absolute atomic E-state index is 0.184. The van der Waals surface area contributed by atoms with Gasteiger partial charge < -0.3 is 15.4 Å². The molecule has 0 spiro atoms. The van der Waals surface area contributed by atoms with Crippen LogP contribution in [-0.4, -0.2) is 67.3 Å². The first-order valence-electron chi connectivity index (χ1n) is 6.33. The Morgan fingerprint density at radius 1 is 1.28 bits per heavy atom. The van der Waals surface area contributed by atoms with Crippen LogP contribution in [0, 0.1) is 0 Å². The molecular weight excluding hydrogens is 236 g/mol. The van der Waals surface area contributed by atoms with Crippen molar-refractivity contribution < 1.29 is 14.3 Å². The first-order valence-corrected chi connectivity index (χ1v) is 6.33. The van der Waals surface area contributed by atoms with Crippen molar-refractivity contribution in [3.63, 3.8) is 0 Å². The smallest absolute Gasteiger partial charge is 0.325 e. The fourth-order valence-electron chi connectivity index (χ4n) is 2.25. The lowest BCUT2D eigenvalue weighted by Crippen LogP contribution is -2.58. The van der Waals surface area contributed by atoms with Gasteiger partial charge in [0.25, 0.3) is 0 Å². The van der Waals surface area contributed by atoms with E-state index in [-0.39, 0.29) is 18.4 Å². The summed E-state index contributed by atoms with van der Waals surface area (Å²) in [6.07, 6.45) is 0.550. The fourth-order valence-corrected chi connectivity index (χ4v) is 2.25. The predicted octanol–water partition coefficient (Wildman–Crippen LogP) is -1.06. The van der Waals surface area contributed by atoms with Crippen LogP contribution in [0.4, 0.5) is 4.79 Å². The van der Waals surface area contributed by atoms with Crippen molar-refractivity contribution in [1.82, 2.24) is 15.1 Å². The van der Waals surface area contributed by atoms with Gasteiger partial charge >= 0.3 is 6.03 Å². The molecule has 0 aromatic heterocycles. The van der Waals surface area contributed by atoms with Crippen molar-refractivity contribution in [2.75, 3.05) is 39.4 Å². The number of ether oxygens (including phenoxy) is 1. The van der Waals surface area contributed by atoms with E-state index in [2.05, 4.69) is 10.2 Å². The first kappa shape index (κ1) is 13.3. The van der Waals surface area contributed by atoms with Crippen LogP contribution in [0.3, 0.4) is 0 Å². The van der Waals surface area contributed by atoms with Crippen molar-refractivity contribution >= 4 is 11.9 Å². The second-order valence-corrected chi connectivity index (χ2v) is 4.63. The van der Waals surface area contributed by atoms with Gasteiger partial charge in [0.05, 0.1) is 25.8 Å². The maximum absolute atomic E-state index is 11.6. The van der Waals surface area contributed by atoms with Crippen LogP contribution < -0.4 is 11.1 Å². The number of carbonyl (C=O) groups is 2. The van der Waals surface area contributed by atoms with Gasteiger partial charge in [0.15, 0.2) is 0 Å².